The van der Waals surface area contributed by atoms with Gasteiger partial charge in [0.25, 0.3) is 10.0 Å². The van der Waals surface area contributed by atoms with Gasteiger partial charge in [-0.3, -0.25) is 0 Å². The van der Waals surface area contributed by atoms with Crippen molar-refractivity contribution in [3.05, 3.63) is 108 Å². The van der Waals surface area contributed by atoms with Gasteiger partial charge in [-0.1, -0.05) is 60.2 Å². The number of hydrogen-bond acceptors (Lipinski definition) is 7. The number of methoxy groups -OCH3 is 2. The van der Waals surface area contributed by atoms with Gasteiger partial charge in [0.05, 0.1) is 25.7 Å². The van der Waals surface area contributed by atoms with E-state index in [0.29, 0.717) is 34.2 Å². The number of rotatable bonds is 11. The number of nitrogens with zero attached hydrogens (tertiary/aromatic N) is 1. The maximum Gasteiger partial charge on any atom is 0.400 e. The summed E-state index contributed by atoms with van der Waals surface area (Å²) in [5.41, 5.74) is 8.21. The van der Waals surface area contributed by atoms with Crippen LogP contribution in [0, 0.1) is 6.92 Å². The summed E-state index contributed by atoms with van der Waals surface area (Å²) >= 11 is 0. The first kappa shape index (κ1) is 27.3. The van der Waals surface area contributed by atoms with Crippen LogP contribution < -0.4 is 24.3 Å². The monoisotopic (exact) mass is 552 g/mol. The van der Waals surface area contributed by atoms with Crippen molar-refractivity contribution in [3.63, 3.8) is 0 Å². The summed E-state index contributed by atoms with van der Waals surface area (Å²) in [6.07, 6.45) is 0. The Labute approximate surface area is 224 Å². The molecule has 2 N–H and O–H groups in total. The molecule has 0 atom stereocenters. The van der Waals surface area contributed by atoms with Crippen molar-refractivity contribution in [2.45, 2.75) is 18.4 Å². The number of aryl methyl sites for hydroxylation is 1. The molecular formula is C28H29N2O6PS. The second-order valence-electron chi connectivity index (χ2n) is 8.22. The van der Waals surface area contributed by atoms with Gasteiger partial charge >= 0.3 is 8.53 Å². The van der Waals surface area contributed by atoms with E-state index in [-0.39, 0.29) is 11.4 Å². The summed E-state index contributed by atoms with van der Waals surface area (Å²) in [6.45, 7) is 1.79. The number of nitrogens with two attached hydrogens (primary N) is 1. The molecule has 0 amide bonds. The predicted octanol–water partition coefficient (Wildman–Crippen LogP) is 6.17. The average Bonchev–Trinajstić information content (AvgIpc) is 2.93. The van der Waals surface area contributed by atoms with Gasteiger partial charge in [0.15, 0.2) is 23.0 Å². The van der Waals surface area contributed by atoms with Crippen LogP contribution in [0.3, 0.4) is 0 Å². The lowest BCUT2D eigenvalue weighted by molar-refractivity contribution is 0.362. The molecule has 4 aromatic carbocycles. The van der Waals surface area contributed by atoms with Crippen LogP contribution in [0.5, 0.6) is 23.0 Å². The highest BCUT2D eigenvalue weighted by atomic mass is 32.2. The Morgan fingerprint density at radius 3 is 1.68 bits per heavy atom. The van der Waals surface area contributed by atoms with Gasteiger partial charge in [-0.05, 0) is 55.0 Å². The normalized spacial score (nSPS) is 11.4. The summed E-state index contributed by atoms with van der Waals surface area (Å²) in [6, 6.07) is 27.6. The zero-order valence-electron chi connectivity index (χ0n) is 21.3. The van der Waals surface area contributed by atoms with Gasteiger partial charge in [-0.2, -0.15) is 0 Å². The van der Waals surface area contributed by atoms with Crippen LogP contribution in [-0.4, -0.2) is 26.7 Å². The molecular weight excluding hydrogens is 523 g/mol. The van der Waals surface area contributed by atoms with Gasteiger partial charge in [-0.25, -0.2) is 8.42 Å². The summed E-state index contributed by atoms with van der Waals surface area (Å²) in [7, 11) is -3.46. The SMILES string of the molecule is COc1ccccc1OP(Oc1ccccc1OC)N(Cc1ccccc1N)S(=O)(=O)c1ccc(C)cc1. The zero-order chi connectivity index (χ0) is 27.1. The fraction of sp³-hybridized carbons (Fsp3) is 0.143. The average molecular weight is 553 g/mol. The Morgan fingerprint density at radius 2 is 1.18 bits per heavy atom. The number of para-hydroxylation sites is 5. The highest BCUT2D eigenvalue weighted by Crippen LogP contribution is 2.51. The summed E-state index contributed by atoms with van der Waals surface area (Å²) in [5.74, 6) is 1.49. The number of ether oxygens (including phenoxy) is 2. The molecule has 0 saturated carbocycles. The Balaban J connectivity index is 1.87. The number of anilines is 1. The molecule has 198 valence electrons. The Hall–Kier alpha value is -3.78. The molecule has 0 aliphatic rings. The van der Waals surface area contributed by atoms with Crippen LogP contribution in [0.15, 0.2) is 102 Å². The van der Waals surface area contributed by atoms with Crippen molar-refractivity contribution < 1.29 is 26.9 Å². The molecule has 10 heteroatoms. The van der Waals surface area contributed by atoms with Gasteiger partial charge in [-0.15, -0.1) is 4.08 Å². The molecule has 8 nitrogen and oxygen atoms in total. The minimum atomic E-state index is -4.14. The number of nitrogen functional groups attached to an aromatic ring is 1. The van der Waals surface area contributed by atoms with E-state index in [9.17, 15) is 8.42 Å². The third kappa shape index (κ3) is 6.19. The third-order valence-electron chi connectivity index (χ3n) is 5.63. The van der Waals surface area contributed by atoms with Crippen LogP contribution >= 0.6 is 8.53 Å². The molecule has 4 aromatic rings. The minimum absolute atomic E-state index is 0.0948. The Morgan fingerprint density at radius 1 is 0.711 bits per heavy atom. The van der Waals surface area contributed by atoms with Gasteiger partial charge < -0.3 is 24.3 Å². The summed E-state index contributed by atoms with van der Waals surface area (Å²) in [5, 5.41) is 0. The van der Waals surface area contributed by atoms with Crippen LogP contribution in [0.1, 0.15) is 11.1 Å². The quantitative estimate of drug-likeness (QED) is 0.175. The fourth-order valence-electron chi connectivity index (χ4n) is 3.55. The largest absolute Gasteiger partial charge is 0.493 e. The highest BCUT2D eigenvalue weighted by molar-refractivity contribution is 7.93. The minimum Gasteiger partial charge on any atom is -0.493 e. The van der Waals surface area contributed by atoms with Crippen molar-refractivity contribution in [1.29, 1.82) is 0 Å². The molecule has 0 aliphatic heterocycles. The maximum atomic E-state index is 14.2. The first-order valence-electron chi connectivity index (χ1n) is 11.7. The third-order valence-corrected chi connectivity index (χ3v) is 9.44. The predicted molar refractivity (Wildman–Crippen MR) is 149 cm³/mol. The van der Waals surface area contributed by atoms with Crippen LogP contribution in [0.25, 0.3) is 0 Å². The second kappa shape index (κ2) is 12.2. The number of hydrogen-bond donors (Lipinski definition) is 1. The van der Waals surface area contributed by atoms with E-state index in [1.807, 2.05) is 6.92 Å². The van der Waals surface area contributed by atoms with E-state index in [0.717, 1.165) is 5.56 Å². The van der Waals surface area contributed by atoms with Crippen molar-refractivity contribution in [2.75, 3.05) is 20.0 Å². The lowest BCUT2D eigenvalue weighted by Gasteiger charge is -2.29. The molecule has 4 rings (SSSR count). The molecule has 0 radical (unpaired) electrons. The summed E-state index contributed by atoms with van der Waals surface area (Å²) < 4.78 is 53.1. The number of benzene rings is 4. The van der Waals surface area contributed by atoms with Crippen LogP contribution in [0.2, 0.25) is 0 Å². The van der Waals surface area contributed by atoms with E-state index in [4.69, 9.17) is 24.3 Å². The van der Waals surface area contributed by atoms with Crippen molar-refractivity contribution in [1.82, 2.24) is 4.08 Å². The van der Waals surface area contributed by atoms with Gasteiger partial charge in [0, 0.05) is 5.69 Å². The zero-order valence-corrected chi connectivity index (χ0v) is 23.0. The van der Waals surface area contributed by atoms with Crippen LogP contribution in [0.4, 0.5) is 5.69 Å². The highest BCUT2D eigenvalue weighted by Gasteiger charge is 2.38. The smallest absolute Gasteiger partial charge is 0.400 e. The molecule has 0 unspecified atom stereocenters. The van der Waals surface area contributed by atoms with E-state index in [1.165, 1.54) is 18.3 Å². The molecule has 0 fully saturated rings. The molecule has 0 saturated heterocycles. The van der Waals surface area contributed by atoms with Crippen molar-refractivity contribution in [2.24, 2.45) is 0 Å². The molecule has 0 aliphatic carbocycles. The van der Waals surface area contributed by atoms with E-state index in [2.05, 4.69) is 0 Å². The maximum absolute atomic E-state index is 14.2. The van der Waals surface area contributed by atoms with Gasteiger partial charge in [0.1, 0.15) is 0 Å². The van der Waals surface area contributed by atoms with Crippen molar-refractivity contribution >= 4 is 24.2 Å². The number of sulfonamides is 1. The topological polar surface area (TPSA) is 100 Å². The van der Waals surface area contributed by atoms with E-state index >= 15 is 0 Å². The Bertz CT molecular complexity index is 1430. The lowest BCUT2D eigenvalue weighted by Crippen LogP contribution is -2.30. The molecule has 0 aromatic heterocycles. The standard InChI is InChI=1S/C28H29N2O6PS/c1-21-16-18-23(19-17-21)38(31,32)30(20-22-10-4-5-11-24(22)29)37(35-27-14-8-6-12-25(27)33-2)36-28-15-9-7-13-26(28)34-3/h4-19H,20,29H2,1-3H3. The second-order valence-corrected chi connectivity index (χ2v) is 11.7. The fourth-order valence-corrected chi connectivity index (χ4v) is 6.90. The Kier molecular flexibility index (Phi) is 8.73. The lowest BCUT2D eigenvalue weighted by atomic mass is 10.2. The molecule has 0 spiro atoms. The molecule has 0 heterocycles. The van der Waals surface area contributed by atoms with E-state index in [1.54, 1.807) is 97.1 Å². The van der Waals surface area contributed by atoms with Crippen LogP contribution in [-0.2, 0) is 16.6 Å². The van der Waals surface area contributed by atoms with E-state index < -0.39 is 18.5 Å². The van der Waals surface area contributed by atoms with Gasteiger partial charge in [0.2, 0.25) is 0 Å². The first-order valence-corrected chi connectivity index (χ1v) is 14.3. The molecule has 38 heavy (non-hydrogen) atoms. The summed E-state index contributed by atoms with van der Waals surface area (Å²) in [4.78, 5) is 0.0948. The molecule has 0 bridgehead atoms. The van der Waals surface area contributed by atoms with Crippen molar-refractivity contribution in [3.8, 4) is 23.0 Å². The first-order chi connectivity index (χ1) is 18.3.